The minimum Gasteiger partial charge on any atom is -0.323 e. The van der Waals surface area contributed by atoms with Crippen molar-refractivity contribution in [2.75, 3.05) is 0 Å². The van der Waals surface area contributed by atoms with Crippen molar-refractivity contribution in [2.45, 2.75) is 19.4 Å². The Kier molecular flexibility index (Phi) is 3.76. The Morgan fingerprint density at radius 1 is 1.53 bits per heavy atom. The first-order valence-electron chi connectivity index (χ1n) is 5.20. The number of benzene rings is 1. The predicted octanol–water partition coefficient (Wildman–Crippen LogP) is 3.55. The fraction of sp³-hybridized carbons (Fsp3) is 0.250. The minimum absolute atomic E-state index is 0.00932. The van der Waals surface area contributed by atoms with Gasteiger partial charge in [-0.25, -0.2) is 9.37 Å². The third kappa shape index (κ3) is 3.03. The molecule has 17 heavy (non-hydrogen) atoms. The zero-order valence-electron chi connectivity index (χ0n) is 9.28. The van der Waals surface area contributed by atoms with Gasteiger partial charge < -0.3 is 5.73 Å². The van der Waals surface area contributed by atoms with Gasteiger partial charge in [-0.1, -0.05) is 17.7 Å². The van der Waals surface area contributed by atoms with Crippen LogP contribution in [0, 0.1) is 5.82 Å². The molecule has 0 saturated carbocycles. The number of nitrogens with two attached hydrogens (primary N) is 1. The molecule has 0 saturated heterocycles. The van der Waals surface area contributed by atoms with E-state index in [9.17, 15) is 4.39 Å². The van der Waals surface area contributed by atoms with E-state index in [2.05, 4.69) is 4.98 Å². The molecule has 0 radical (unpaired) electrons. The predicted molar refractivity (Wildman–Crippen MR) is 68.9 cm³/mol. The molecule has 0 spiro atoms. The zero-order chi connectivity index (χ0) is 12.4. The highest BCUT2D eigenvalue weighted by molar-refractivity contribution is 7.11. The summed E-state index contributed by atoms with van der Waals surface area (Å²) in [6.45, 7) is 1.92. The Morgan fingerprint density at radius 2 is 2.29 bits per heavy atom. The van der Waals surface area contributed by atoms with E-state index in [1.54, 1.807) is 23.6 Å². The minimum atomic E-state index is -0.325. The van der Waals surface area contributed by atoms with Crippen molar-refractivity contribution in [3.8, 4) is 0 Å². The number of rotatable bonds is 3. The van der Waals surface area contributed by atoms with Crippen molar-refractivity contribution < 1.29 is 4.39 Å². The molecular weight excluding hydrogens is 259 g/mol. The summed E-state index contributed by atoms with van der Waals surface area (Å²) in [5.74, 6) is -0.325. The number of aromatic nitrogens is 1. The monoisotopic (exact) mass is 270 g/mol. The summed E-state index contributed by atoms with van der Waals surface area (Å²) >= 11 is 7.52. The molecule has 1 aromatic carbocycles. The summed E-state index contributed by atoms with van der Waals surface area (Å²) < 4.78 is 12.9. The lowest BCUT2D eigenvalue weighted by atomic mass is 10.1. The lowest BCUT2D eigenvalue weighted by molar-refractivity contribution is 0.627. The van der Waals surface area contributed by atoms with Gasteiger partial charge in [0.25, 0.3) is 0 Å². The first kappa shape index (κ1) is 12.5. The standard InChI is InChI=1S/C12H12ClFN2S/c1-7(15)11-6-16-12(17-11)4-8-2-3-9(14)5-10(8)13/h2-3,5-7H,4,15H2,1H3. The highest BCUT2D eigenvalue weighted by Crippen LogP contribution is 2.24. The third-order valence-electron chi connectivity index (χ3n) is 2.38. The number of hydrogen-bond acceptors (Lipinski definition) is 3. The second kappa shape index (κ2) is 5.12. The van der Waals surface area contributed by atoms with Gasteiger partial charge in [0.1, 0.15) is 5.82 Å². The molecule has 2 aromatic rings. The van der Waals surface area contributed by atoms with Gasteiger partial charge in [-0.05, 0) is 24.6 Å². The number of halogens is 2. The molecule has 0 aliphatic heterocycles. The van der Waals surface area contributed by atoms with Gasteiger partial charge in [0.15, 0.2) is 0 Å². The summed E-state index contributed by atoms with van der Waals surface area (Å²) in [7, 11) is 0. The molecule has 90 valence electrons. The van der Waals surface area contributed by atoms with Crippen LogP contribution in [0.5, 0.6) is 0 Å². The summed E-state index contributed by atoms with van der Waals surface area (Å²) in [5.41, 5.74) is 6.64. The van der Waals surface area contributed by atoms with Crippen LogP contribution in [-0.4, -0.2) is 4.98 Å². The lowest BCUT2D eigenvalue weighted by Crippen LogP contribution is -2.01. The van der Waals surface area contributed by atoms with E-state index in [-0.39, 0.29) is 11.9 Å². The van der Waals surface area contributed by atoms with Crippen molar-refractivity contribution in [3.05, 3.63) is 50.7 Å². The van der Waals surface area contributed by atoms with Gasteiger partial charge in [0.05, 0.1) is 5.01 Å². The quantitative estimate of drug-likeness (QED) is 0.926. The molecule has 0 fully saturated rings. The first-order valence-corrected chi connectivity index (χ1v) is 6.40. The van der Waals surface area contributed by atoms with Crippen LogP contribution in [0.25, 0.3) is 0 Å². The normalized spacial score (nSPS) is 12.7. The maximum absolute atomic E-state index is 12.9. The molecule has 2 nitrogen and oxygen atoms in total. The first-order chi connectivity index (χ1) is 8.06. The van der Waals surface area contributed by atoms with Gasteiger partial charge in [0, 0.05) is 28.6 Å². The van der Waals surface area contributed by atoms with Crippen molar-refractivity contribution in [2.24, 2.45) is 5.73 Å². The Balaban J connectivity index is 2.19. The van der Waals surface area contributed by atoms with Crippen LogP contribution in [0.15, 0.2) is 24.4 Å². The van der Waals surface area contributed by atoms with E-state index < -0.39 is 0 Å². The third-order valence-corrected chi connectivity index (χ3v) is 3.93. The summed E-state index contributed by atoms with van der Waals surface area (Å²) in [6, 6.07) is 4.40. The zero-order valence-corrected chi connectivity index (χ0v) is 10.9. The lowest BCUT2D eigenvalue weighted by Gasteiger charge is -2.01. The van der Waals surface area contributed by atoms with Gasteiger partial charge in [-0.2, -0.15) is 0 Å². The molecule has 0 aliphatic carbocycles. The molecule has 0 aliphatic rings. The SMILES string of the molecule is CC(N)c1cnc(Cc2ccc(F)cc2Cl)s1. The average molecular weight is 271 g/mol. The fourth-order valence-electron chi connectivity index (χ4n) is 1.44. The molecule has 2 N–H and O–H groups in total. The van der Waals surface area contributed by atoms with Crippen LogP contribution in [0.1, 0.15) is 28.4 Å². The Bertz CT molecular complexity index is 525. The van der Waals surface area contributed by atoms with E-state index in [1.807, 2.05) is 6.92 Å². The second-order valence-corrected chi connectivity index (χ2v) is 5.41. The molecule has 5 heteroatoms. The van der Waals surface area contributed by atoms with Gasteiger partial charge in [-0.15, -0.1) is 11.3 Å². The highest BCUT2D eigenvalue weighted by atomic mass is 35.5. The Morgan fingerprint density at radius 3 is 2.88 bits per heavy atom. The van der Waals surface area contributed by atoms with Crippen molar-refractivity contribution in [3.63, 3.8) is 0 Å². The van der Waals surface area contributed by atoms with Crippen molar-refractivity contribution >= 4 is 22.9 Å². The van der Waals surface area contributed by atoms with Crippen LogP contribution in [0.4, 0.5) is 4.39 Å². The summed E-state index contributed by atoms with van der Waals surface area (Å²) in [5, 5.41) is 1.37. The topological polar surface area (TPSA) is 38.9 Å². The van der Waals surface area contributed by atoms with Crippen LogP contribution >= 0.6 is 22.9 Å². The summed E-state index contributed by atoms with van der Waals surface area (Å²) in [6.07, 6.45) is 2.39. The maximum Gasteiger partial charge on any atom is 0.124 e. The number of thiazole rings is 1. The van der Waals surface area contributed by atoms with E-state index >= 15 is 0 Å². The maximum atomic E-state index is 12.9. The Hall–Kier alpha value is -0.970. The van der Waals surface area contributed by atoms with Crippen molar-refractivity contribution in [1.82, 2.24) is 4.98 Å². The smallest absolute Gasteiger partial charge is 0.124 e. The van der Waals surface area contributed by atoms with Crippen LogP contribution in [0.3, 0.4) is 0 Å². The van der Waals surface area contributed by atoms with Crippen LogP contribution < -0.4 is 5.73 Å². The highest BCUT2D eigenvalue weighted by Gasteiger charge is 2.09. The molecular formula is C12H12ClFN2S. The molecule has 1 aromatic heterocycles. The molecule has 0 amide bonds. The van der Waals surface area contributed by atoms with Crippen molar-refractivity contribution in [1.29, 1.82) is 0 Å². The molecule has 1 atom stereocenters. The van der Waals surface area contributed by atoms with Gasteiger partial charge >= 0.3 is 0 Å². The molecule has 1 heterocycles. The average Bonchev–Trinajstić information content (AvgIpc) is 2.71. The molecule has 2 rings (SSSR count). The number of hydrogen-bond donors (Lipinski definition) is 1. The second-order valence-electron chi connectivity index (χ2n) is 3.86. The molecule has 0 bridgehead atoms. The van der Waals surface area contributed by atoms with Gasteiger partial charge in [-0.3, -0.25) is 0 Å². The molecule has 1 unspecified atom stereocenters. The Labute approximate surface area is 108 Å². The van der Waals surface area contributed by atoms with E-state index in [0.29, 0.717) is 11.4 Å². The van der Waals surface area contributed by atoms with Gasteiger partial charge in [0.2, 0.25) is 0 Å². The largest absolute Gasteiger partial charge is 0.323 e. The van der Waals surface area contributed by atoms with E-state index in [4.69, 9.17) is 17.3 Å². The summed E-state index contributed by atoms with van der Waals surface area (Å²) in [4.78, 5) is 5.32. The van der Waals surface area contributed by atoms with E-state index in [1.165, 1.54) is 12.1 Å². The van der Waals surface area contributed by atoms with Crippen LogP contribution in [-0.2, 0) is 6.42 Å². The fourth-order valence-corrected chi connectivity index (χ4v) is 2.58. The van der Waals surface area contributed by atoms with Crippen LogP contribution in [0.2, 0.25) is 5.02 Å². The number of nitrogens with zero attached hydrogens (tertiary/aromatic N) is 1. The van der Waals surface area contributed by atoms with E-state index in [0.717, 1.165) is 15.4 Å².